The monoisotopic (exact) mass is 421 g/mol. The Morgan fingerprint density at radius 2 is 1.90 bits per heavy atom. The average molecular weight is 422 g/mol. The third-order valence-corrected chi connectivity index (χ3v) is 5.57. The molecule has 2 atom stereocenters. The smallest absolute Gasteiger partial charge is 0.290 e. The first-order valence-corrected chi connectivity index (χ1v) is 10.3. The van der Waals surface area contributed by atoms with Crippen LogP contribution in [0.15, 0.2) is 30.5 Å². The van der Waals surface area contributed by atoms with Crippen molar-refractivity contribution in [3.05, 3.63) is 36.1 Å². The molecule has 0 saturated carbocycles. The van der Waals surface area contributed by atoms with Gasteiger partial charge in [-0.3, -0.25) is 14.6 Å². The van der Waals surface area contributed by atoms with E-state index in [0.717, 1.165) is 56.4 Å². The molecule has 0 bridgehead atoms. The Balaban J connectivity index is 0.00000101. The number of hydrogen-bond donors (Lipinski definition) is 1. The predicted octanol–water partition coefficient (Wildman–Crippen LogP) is 2.10. The van der Waals surface area contributed by atoms with Crippen molar-refractivity contribution in [3.8, 4) is 11.5 Å². The fraction of sp³-hybridized carbons (Fsp3) is 0.591. The minimum atomic E-state index is -0.250. The van der Waals surface area contributed by atoms with Gasteiger partial charge < -0.3 is 24.2 Å². The second-order valence-corrected chi connectivity index (χ2v) is 7.85. The quantitative estimate of drug-likeness (QED) is 0.389. The van der Waals surface area contributed by atoms with E-state index in [2.05, 4.69) is 61.4 Å². The van der Waals surface area contributed by atoms with Crippen LogP contribution >= 0.6 is 0 Å². The van der Waals surface area contributed by atoms with Gasteiger partial charge in [0.25, 0.3) is 6.47 Å². The van der Waals surface area contributed by atoms with Crippen LogP contribution in [0.25, 0.3) is 0 Å². The van der Waals surface area contributed by atoms with Gasteiger partial charge in [0.1, 0.15) is 12.0 Å². The van der Waals surface area contributed by atoms with E-state index in [1.165, 1.54) is 5.56 Å². The summed E-state index contributed by atoms with van der Waals surface area (Å²) in [5.74, 6) is 2.51. The van der Waals surface area contributed by atoms with Gasteiger partial charge in [0.05, 0.1) is 6.54 Å². The Morgan fingerprint density at radius 3 is 2.57 bits per heavy atom. The number of hydrogen-bond acceptors (Lipinski definition) is 7. The molecule has 30 heavy (non-hydrogen) atoms. The first-order chi connectivity index (χ1) is 14.3. The van der Waals surface area contributed by atoms with Gasteiger partial charge in [-0.1, -0.05) is 12.6 Å². The van der Waals surface area contributed by atoms with E-state index >= 15 is 0 Å². The van der Waals surface area contributed by atoms with Crippen molar-refractivity contribution in [2.75, 3.05) is 53.6 Å². The van der Waals surface area contributed by atoms with Crippen LogP contribution in [0.4, 0.5) is 0 Å². The Morgan fingerprint density at radius 1 is 1.27 bits per heavy atom. The van der Waals surface area contributed by atoms with Crippen molar-refractivity contribution >= 4 is 6.47 Å². The molecule has 0 aromatic heterocycles. The van der Waals surface area contributed by atoms with E-state index in [9.17, 15) is 0 Å². The molecule has 1 fully saturated rings. The number of carbonyl (C=O) groups is 1. The number of rotatable bonds is 8. The number of piperazine rings is 1. The van der Waals surface area contributed by atoms with E-state index in [0.29, 0.717) is 12.8 Å². The molecule has 0 spiro atoms. The zero-order chi connectivity index (χ0) is 22.1. The highest BCUT2D eigenvalue weighted by molar-refractivity contribution is 5.44. The second kappa shape index (κ2) is 11.8. The van der Waals surface area contributed by atoms with Gasteiger partial charge in [-0.05, 0) is 52.1 Å². The molecule has 1 aromatic carbocycles. The van der Waals surface area contributed by atoms with E-state index in [-0.39, 0.29) is 12.7 Å². The molecule has 1 saturated heterocycles. The zero-order valence-electron chi connectivity index (χ0n) is 18.5. The fourth-order valence-corrected chi connectivity index (χ4v) is 3.53. The molecule has 8 heteroatoms. The average Bonchev–Trinajstić information content (AvgIpc) is 3.17. The Bertz CT molecular complexity index is 691. The molecule has 168 valence electrons. The first kappa shape index (κ1) is 24.0. The molecule has 0 amide bonds. The van der Waals surface area contributed by atoms with Gasteiger partial charge in [-0.2, -0.15) is 0 Å². The molecule has 2 aliphatic rings. The summed E-state index contributed by atoms with van der Waals surface area (Å²) >= 11 is 0. The number of ether oxygens (including phenoxy) is 3. The van der Waals surface area contributed by atoms with Gasteiger partial charge in [-0.25, -0.2) is 0 Å². The summed E-state index contributed by atoms with van der Waals surface area (Å²) in [6.07, 6.45) is 0.903. The van der Waals surface area contributed by atoms with Crippen LogP contribution in [0, 0.1) is 0 Å². The van der Waals surface area contributed by atoms with Crippen molar-refractivity contribution in [1.29, 1.82) is 0 Å². The largest absolute Gasteiger partial charge is 0.483 e. The summed E-state index contributed by atoms with van der Waals surface area (Å²) < 4.78 is 17.0. The SMILES string of the molecule is C=C(CN1CCN(C)CC1)OC(C)N(C)C(C)Cc1ccc2c(c1)OCO2.O=CO. The molecule has 1 N–H and O–H groups in total. The van der Waals surface area contributed by atoms with Gasteiger partial charge in [0.2, 0.25) is 6.79 Å². The minimum absolute atomic E-state index is 0.0195. The zero-order valence-corrected chi connectivity index (χ0v) is 18.5. The van der Waals surface area contributed by atoms with Crippen LogP contribution in [0.2, 0.25) is 0 Å². The lowest BCUT2D eigenvalue weighted by Gasteiger charge is -2.35. The first-order valence-electron chi connectivity index (χ1n) is 10.3. The van der Waals surface area contributed by atoms with Crippen molar-refractivity contribution < 1.29 is 24.1 Å². The van der Waals surface area contributed by atoms with Crippen LogP contribution in [-0.2, 0) is 16.0 Å². The number of carboxylic acid groups (broad SMARTS) is 1. The summed E-state index contributed by atoms with van der Waals surface area (Å²) in [5.41, 5.74) is 1.24. The molecule has 0 aliphatic carbocycles. The summed E-state index contributed by atoms with van der Waals surface area (Å²) in [4.78, 5) is 15.4. The van der Waals surface area contributed by atoms with Gasteiger partial charge >= 0.3 is 0 Å². The predicted molar refractivity (Wildman–Crippen MR) is 116 cm³/mol. The van der Waals surface area contributed by atoms with Crippen molar-refractivity contribution in [3.63, 3.8) is 0 Å². The normalized spacial score (nSPS) is 18.3. The Labute approximate surface area is 179 Å². The van der Waals surface area contributed by atoms with Crippen molar-refractivity contribution in [1.82, 2.24) is 14.7 Å². The summed E-state index contributed by atoms with van der Waals surface area (Å²) in [7, 11) is 4.27. The van der Waals surface area contributed by atoms with Crippen LogP contribution in [0.5, 0.6) is 11.5 Å². The van der Waals surface area contributed by atoms with Crippen molar-refractivity contribution in [2.45, 2.75) is 32.5 Å². The number of benzene rings is 1. The maximum absolute atomic E-state index is 8.36. The summed E-state index contributed by atoms with van der Waals surface area (Å²) in [5, 5.41) is 6.89. The molecule has 2 aliphatic heterocycles. The van der Waals surface area contributed by atoms with E-state index < -0.39 is 0 Å². The van der Waals surface area contributed by atoms with Gasteiger partial charge in [0.15, 0.2) is 11.5 Å². The standard InChI is InChI=1S/C21H33N3O3.CH2O2/c1-16(12-19-6-7-20-21(13-19)26-15-25-20)23(5)18(3)27-17(2)14-24-10-8-22(4)9-11-24;2-1-3/h6-7,13,16,18H,2,8-12,14-15H2,1,3-5H3;1H,(H,2,3). The molecule has 2 heterocycles. The Hall–Kier alpha value is -2.29. The summed E-state index contributed by atoms with van der Waals surface area (Å²) in [6.45, 7) is 13.7. The maximum atomic E-state index is 8.36. The van der Waals surface area contributed by atoms with Gasteiger partial charge in [-0.15, -0.1) is 0 Å². The molecule has 2 unspecified atom stereocenters. The van der Waals surface area contributed by atoms with Crippen LogP contribution < -0.4 is 9.47 Å². The molecule has 8 nitrogen and oxygen atoms in total. The summed E-state index contributed by atoms with van der Waals surface area (Å²) in [6, 6.07) is 6.50. The fourth-order valence-electron chi connectivity index (χ4n) is 3.53. The van der Waals surface area contributed by atoms with Crippen LogP contribution in [-0.4, -0.2) is 92.2 Å². The molecular formula is C22H35N3O5. The lowest BCUT2D eigenvalue weighted by molar-refractivity contribution is -0.122. The minimum Gasteiger partial charge on any atom is -0.483 e. The highest BCUT2D eigenvalue weighted by Crippen LogP contribution is 2.33. The Kier molecular flexibility index (Phi) is 9.42. The highest BCUT2D eigenvalue weighted by atomic mass is 16.7. The lowest BCUT2D eigenvalue weighted by Crippen LogP contribution is -2.45. The van der Waals surface area contributed by atoms with E-state index in [4.69, 9.17) is 24.1 Å². The topological polar surface area (TPSA) is 74.7 Å². The molecule has 3 rings (SSSR count). The number of nitrogens with zero attached hydrogens (tertiary/aromatic N) is 3. The van der Waals surface area contributed by atoms with Crippen LogP contribution in [0.3, 0.4) is 0 Å². The molecular weight excluding hydrogens is 386 g/mol. The van der Waals surface area contributed by atoms with Gasteiger partial charge in [0, 0.05) is 32.2 Å². The maximum Gasteiger partial charge on any atom is 0.290 e. The highest BCUT2D eigenvalue weighted by Gasteiger charge is 2.21. The van der Waals surface area contributed by atoms with Crippen LogP contribution in [0.1, 0.15) is 19.4 Å². The number of likely N-dealkylation sites (N-methyl/N-ethyl adjacent to an activating group) is 2. The van der Waals surface area contributed by atoms with E-state index in [1.807, 2.05) is 6.07 Å². The third kappa shape index (κ3) is 7.19. The van der Waals surface area contributed by atoms with Crippen molar-refractivity contribution in [2.24, 2.45) is 0 Å². The lowest BCUT2D eigenvalue weighted by atomic mass is 10.1. The number of fused-ring (bicyclic) bond motifs is 1. The third-order valence-electron chi connectivity index (χ3n) is 5.57. The molecule has 1 aromatic rings. The molecule has 0 radical (unpaired) electrons. The van der Waals surface area contributed by atoms with E-state index in [1.54, 1.807) is 0 Å². The second-order valence-electron chi connectivity index (χ2n) is 7.85.